The van der Waals surface area contributed by atoms with Crippen molar-refractivity contribution in [3.05, 3.63) is 29.3 Å². The molecule has 1 aromatic carbocycles. The van der Waals surface area contributed by atoms with Crippen LogP contribution in [0.2, 0.25) is 0 Å². The molecule has 154 valence electrons. The molecule has 0 spiro atoms. The van der Waals surface area contributed by atoms with Crippen LogP contribution in [-0.4, -0.2) is 40.7 Å². The van der Waals surface area contributed by atoms with Crippen LogP contribution in [0.4, 0.5) is 10.5 Å². The third-order valence-electron chi connectivity index (χ3n) is 5.67. The van der Waals surface area contributed by atoms with Gasteiger partial charge in [-0.05, 0) is 50.7 Å². The van der Waals surface area contributed by atoms with Crippen LogP contribution in [0, 0.1) is 19.8 Å². The van der Waals surface area contributed by atoms with Gasteiger partial charge in [-0.25, -0.2) is 9.59 Å². The Labute approximate surface area is 172 Å². The van der Waals surface area contributed by atoms with E-state index in [0.29, 0.717) is 18.3 Å². The highest BCUT2D eigenvalue weighted by molar-refractivity contribution is 8.00. The average Bonchev–Trinajstić information content (AvgIpc) is 3.14. The number of benzene rings is 1. The summed E-state index contributed by atoms with van der Waals surface area (Å²) >= 11 is 1.74. The predicted molar refractivity (Wildman–Crippen MR) is 115 cm³/mol. The monoisotopic (exact) mass is 404 g/mol. The van der Waals surface area contributed by atoms with Crippen molar-refractivity contribution in [2.75, 3.05) is 17.7 Å². The molecule has 0 radical (unpaired) electrons. The minimum Gasteiger partial charge on any atom is -0.464 e. The Morgan fingerprint density at radius 3 is 2.64 bits per heavy atom. The average molecular weight is 405 g/mol. The lowest BCUT2D eigenvalue weighted by molar-refractivity contribution is -0.148. The summed E-state index contributed by atoms with van der Waals surface area (Å²) < 4.78 is 5.41. The number of carbonyl (C=O) groups is 2. The maximum Gasteiger partial charge on any atom is 0.329 e. The number of thioether (sulfide) groups is 1. The van der Waals surface area contributed by atoms with Crippen molar-refractivity contribution in [3.8, 4) is 0 Å². The van der Waals surface area contributed by atoms with Gasteiger partial charge in [0.1, 0.15) is 6.04 Å². The number of carbonyl (C=O) groups excluding carboxylic acids is 2. The summed E-state index contributed by atoms with van der Waals surface area (Å²) in [5, 5.41) is 3.10. The number of esters is 1. The van der Waals surface area contributed by atoms with Crippen molar-refractivity contribution in [2.24, 2.45) is 5.92 Å². The number of hydrogen-bond donors (Lipinski definition) is 1. The second-order valence-corrected chi connectivity index (χ2v) is 9.11. The highest BCUT2D eigenvalue weighted by Gasteiger charge is 2.45. The molecular weight excluding hydrogens is 372 g/mol. The molecule has 5 nitrogen and oxygen atoms in total. The van der Waals surface area contributed by atoms with Gasteiger partial charge in [0.05, 0.1) is 12.0 Å². The lowest BCUT2D eigenvalue weighted by Crippen LogP contribution is -2.50. The van der Waals surface area contributed by atoms with E-state index in [2.05, 4.69) is 11.4 Å². The number of ether oxygens (including phenoxy) is 1. The SMILES string of the molecule is CCCOC(=O)C1CSC(C2CCCCC2)N1C(=O)Nc1ccc(C)cc1C. The molecule has 2 aliphatic rings. The Hall–Kier alpha value is -1.69. The van der Waals surface area contributed by atoms with E-state index in [4.69, 9.17) is 4.74 Å². The normalized spacial score (nSPS) is 22.9. The molecule has 0 aromatic heterocycles. The Kier molecular flexibility index (Phi) is 7.27. The zero-order valence-electron chi connectivity index (χ0n) is 17.2. The van der Waals surface area contributed by atoms with Crippen molar-refractivity contribution in [3.63, 3.8) is 0 Å². The maximum absolute atomic E-state index is 13.3. The van der Waals surface area contributed by atoms with Crippen LogP contribution in [0.15, 0.2) is 18.2 Å². The first-order valence-corrected chi connectivity index (χ1v) is 11.5. The van der Waals surface area contributed by atoms with E-state index in [1.807, 2.05) is 32.9 Å². The van der Waals surface area contributed by atoms with E-state index in [0.717, 1.165) is 36.1 Å². The van der Waals surface area contributed by atoms with Gasteiger partial charge in [0, 0.05) is 11.4 Å². The van der Waals surface area contributed by atoms with Gasteiger partial charge in [-0.15, -0.1) is 11.8 Å². The van der Waals surface area contributed by atoms with Gasteiger partial charge in [0.25, 0.3) is 0 Å². The number of rotatable bonds is 5. The third-order valence-corrected chi connectivity index (χ3v) is 7.13. The molecular formula is C22H32N2O3S. The van der Waals surface area contributed by atoms with E-state index >= 15 is 0 Å². The first kappa shape index (κ1) is 21.0. The maximum atomic E-state index is 13.3. The van der Waals surface area contributed by atoms with Crippen LogP contribution in [0.1, 0.15) is 56.6 Å². The fourth-order valence-corrected chi connectivity index (χ4v) is 5.81. The molecule has 1 aromatic rings. The molecule has 28 heavy (non-hydrogen) atoms. The molecule has 2 amide bonds. The van der Waals surface area contributed by atoms with Crippen molar-refractivity contribution in [1.29, 1.82) is 0 Å². The Bertz CT molecular complexity index is 703. The van der Waals surface area contributed by atoms with E-state index in [1.54, 1.807) is 16.7 Å². The topological polar surface area (TPSA) is 58.6 Å². The van der Waals surface area contributed by atoms with E-state index in [-0.39, 0.29) is 17.4 Å². The number of hydrogen-bond acceptors (Lipinski definition) is 4. The minimum atomic E-state index is -0.505. The smallest absolute Gasteiger partial charge is 0.329 e. The highest BCUT2D eigenvalue weighted by atomic mass is 32.2. The summed E-state index contributed by atoms with van der Waals surface area (Å²) in [6.45, 7) is 6.41. The summed E-state index contributed by atoms with van der Waals surface area (Å²) in [4.78, 5) is 27.7. The molecule has 6 heteroatoms. The summed E-state index contributed by atoms with van der Waals surface area (Å²) in [5.74, 6) is 0.792. The Balaban J connectivity index is 1.80. The second-order valence-electron chi connectivity index (χ2n) is 7.96. The zero-order valence-corrected chi connectivity index (χ0v) is 18.0. The zero-order chi connectivity index (χ0) is 20.1. The van der Waals surface area contributed by atoms with Crippen LogP contribution in [-0.2, 0) is 9.53 Å². The molecule has 1 saturated heterocycles. The van der Waals surface area contributed by atoms with Gasteiger partial charge in [-0.2, -0.15) is 0 Å². The first-order valence-electron chi connectivity index (χ1n) is 10.5. The van der Waals surface area contributed by atoms with Crippen LogP contribution in [0.5, 0.6) is 0 Å². The minimum absolute atomic E-state index is 0.0465. The van der Waals surface area contributed by atoms with Gasteiger partial charge in [0.15, 0.2) is 0 Å². The predicted octanol–water partition coefficient (Wildman–Crippen LogP) is 5.11. The molecule has 1 aliphatic heterocycles. The first-order chi connectivity index (χ1) is 13.5. The van der Waals surface area contributed by atoms with Crippen LogP contribution < -0.4 is 5.32 Å². The largest absolute Gasteiger partial charge is 0.464 e. The van der Waals surface area contributed by atoms with Crippen LogP contribution >= 0.6 is 11.8 Å². The molecule has 2 unspecified atom stereocenters. The van der Waals surface area contributed by atoms with Gasteiger partial charge in [0.2, 0.25) is 0 Å². The molecule has 1 aliphatic carbocycles. The fraction of sp³-hybridized carbons (Fsp3) is 0.636. The van der Waals surface area contributed by atoms with Crippen molar-refractivity contribution < 1.29 is 14.3 Å². The van der Waals surface area contributed by atoms with Crippen LogP contribution in [0.3, 0.4) is 0 Å². The van der Waals surface area contributed by atoms with E-state index < -0.39 is 6.04 Å². The lowest BCUT2D eigenvalue weighted by atomic mass is 9.88. The number of amides is 2. The van der Waals surface area contributed by atoms with E-state index in [9.17, 15) is 9.59 Å². The summed E-state index contributed by atoms with van der Waals surface area (Å²) in [6.07, 6.45) is 6.72. The highest BCUT2D eigenvalue weighted by Crippen LogP contribution is 2.41. The molecule has 2 fully saturated rings. The van der Waals surface area contributed by atoms with Gasteiger partial charge >= 0.3 is 12.0 Å². The molecule has 1 N–H and O–H groups in total. The van der Waals surface area contributed by atoms with Gasteiger partial charge in [-0.3, -0.25) is 4.90 Å². The molecule has 2 atom stereocenters. The number of nitrogens with one attached hydrogen (secondary N) is 1. The van der Waals surface area contributed by atoms with Gasteiger partial charge in [-0.1, -0.05) is 43.9 Å². The summed E-state index contributed by atoms with van der Waals surface area (Å²) in [5.41, 5.74) is 2.99. The molecule has 3 rings (SSSR count). The third kappa shape index (κ3) is 4.83. The lowest BCUT2D eigenvalue weighted by Gasteiger charge is -2.35. The summed E-state index contributed by atoms with van der Waals surface area (Å²) in [7, 11) is 0. The number of aryl methyl sites for hydroxylation is 2. The van der Waals surface area contributed by atoms with Crippen molar-refractivity contribution >= 4 is 29.4 Å². The van der Waals surface area contributed by atoms with Crippen molar-refractivity contribution in [2.45, 2.75) is 70.7 Å². The Morgan fingerprint density at radius 1 is 1.21 bits per heavy atom. The second kappa shape index (κ2) is 9.68. The molecule has 0 bridgehead atoms. The van der Waals surface area contributed by atoms with Gasteiger partial charge < -0.3 is 10.1 Å². The summed E-state index contributed by atoms with van der Waals surface area (Å²) in [6, 6.07) is 5.29. The standard InChI is InChI=1S/C22H32N2O3S/c1-4-12-27-21(25)19-14-28-20(17-8-6-5-7-9-17)24(19)22(26)23-18-11-10-15(2)13-16(18)3/h10-11,13,17,19-20H,4-9,12,14H2,1-3H3,(H,23,26). The van der Waals surface area contributed by atoms with Crippen molar-refractivity contribution in [1.82, 2.24) is 4.90 Å². The Morgan fingerprint density at radius 2 is 1.96 bits per heavy atom. The molecule has 1 heterocycles. The van der Waals surface area contributed by atoms with Crippen LogP contribution in [0.25, 0.3) is 0 Å². The number of nitrogens with zero attached hydrogens (tertiary/aromatic N) is 1. The fourth-order valence-electron chi connectivity index (χ4n) is 4.18. The number of anilines is 1. The molecule has 1 saturated carbocycles. The van der Waals surface area contributed by atoms with E-state index in [1.165, 1.54) is 19.3 Å². The quantitative estimate of drug-likeness (QED) is 0.693. The number of urea groups is 1.